The molecule has 232 valence electrons. The molecule has 0 unspecified atom stereocenters. The first-order chi connectivity index (χ1) is 24.1. The molecule has 7 aromatic carbocycles. The Hall–Kier alpha value is -6.00. The van der Waals surface area contributed by atoms with Crippen LogP contribution >= 0.6 is 0 Å². The highest BCUT2D eigenvalue weighted by Gasteiger charge is 2.44. The quantitative estimate of drug-likeness (QED) is 0.181. The van der Waals surface area contributed by atoms with E-state index in [2.05, 4.69) is 170 Å². The van der Waals surface area contributed by atoms with E-state index in [0.29, 0.717) is 0 Å². The van der Waals surface area contributed by atoms with Crippen molar-refractivity contribution < 1.29 is 9.47 Å². The van der Waals surface area contributed by atoms with Gasteiger partial charge in [-0.05, 0) is 93.3 Å². The lowest BCUT2D eigenvalue weighted by Crippen LogP contribution is -2.57. The zero-order chi connectivity index (χ0) is 32.7. The number of ether oxygens (including phenoxy) is 2. The van der Waals surface area contributed by atoms with Gasteiger partial charge in [0.15, 0.2) is 0 Å². The number of para-hydroxylation sites is 3. The highest BCUT2D eigenvalue weighted by molar-refractivity contribution is 6.98. The summed E-state index contributed by atoms with van der Waals surface area (Å²) in [5, 5.41) is 0. The lowest BCUT2D eigenvalue weighted by Gasteiger charge is -2.34. The standard InChI is InChI=1S/C45H32BNO2/c1-45(2)36-26-32(47(30-16-8-4-9-17-30)31-18-10-5-11-19-31)24-25-34(36)35-27-42-39(28-37(35)45)46-38-21-12-20-33(29-14-6-3-7-15-29)44(38)49-41-23-13-22-40(48-42)43(41)46/h3-28H,1-2H3. The fourth-order valence-corrected chi connectivity index (χ4v) is 8.25. The first-order valence-electron chi connectivity index (χ1n) is 17.0. The van der Waals surface area contributed by atoms with E-state index >= 15 is 0 Å². The Balaban J connectivity index is 1.14. The lowest BCUT2D eigenvalue weighted by atomic mass is 9.34. The van der Waals surface area contributed by atoms with Crippen molar-refractivity contribution in [3.8, 4) is 45.3 Å². The van der Waals surface area contributed by atoms with E-state index in [1.807, 2.05) is 6.07 Å². The molecule has 3 aliphatic rings. The van der Waals surface area contributed by atoms with Crippen molar-refractivity contribution in [3.05, 3.63) is 169 Å². The summed E-state index contributed by atoms with van der Waals surface area (Å²) in [4.78, 5) is 2.34. The van der Waals surface area contributed by atoms with Crippen LogP contribution in [0.5, 0.6) is 23.0 Å². The van der Waals surface area contributed by atoms with E-state index in [0.717, 1.165) is 56.6 Å². The number of nitrogens with zero attached hydrogens (tertiary/aromatic N) is 1. The normalized spacial score (nSPS) is 14.0. The van der Waals surface area contributed by atoms with Gasteiger partial charge in [-0.25, -0.2) is 0 Å². The molecule has 0 N–H and O–H groups in total. The van der Waals surface area contributed by atoms with Gasteiger partial charge in [0.25, 0.3) is 6.71 Å². The van der Waals surface area contributed by atoms with Crippen LogP contribution in [-0.2, 0) is 5.41 Å². The highest BCUT2D eigenvalue weighted by atomic mass is 16.5. The Morgan fingerprint density at radius 1 is 0.469 bits per heavy atom. The summed E-state index contributed by atoms with van der Waals surface area (Å²) in [6.45, 7) is 4.71. The smallest absolute Gasteiger partial charge is 0.260 e. The molecular weight excluding hydrogens is 597 g/mol. The van der Waals surface area contributed by atoms with Gasteiger partial charge in [-0.2, -0.15) is 0 Å². The van der Waals surface area contributed by atoms with Crippen molar-refractivity contribution in [2.24, 2.45) is 0 Å². The lowest BCUT2D eigenvalue weighted by molar-refractivity contribution is 0.465. The fraction of sp³-hybridized carbons (Fsp3) is 0.0667. The third kappa shape index (κ3) is 4.17. The molecule has 2 aliphatic heterocycles. The number of fused-ring (bicyclic) bond motifs is 7. The maximum absolute atomic E-state index is 6.75. The summed E-state index contributed by atoms with van der Waals surface area (Å²) in [5.41, 5.74) is 14.0. The molecule has 1 aliphatic carbocycles. The predicted molar refractivity (Wildman–Crippen MR) is 202 cm³/mol. The van der Waals surface area contributed by atoms with Gasteiger partial charge >= 0.3 is 0 Å². The third-order valence-corrected chi connectivity index (χ3v) is 10.6. The second kappa shape index (κ2) is 10.5. The van der Waals surface area contributed by atoms with Crippen LogP contribution in [0.1, 0.15) is 25.0 Å². The Bertz CT molecular complexity index is 2380. The maximum atomic E-state index is 6.75. The van der Waals surface area contributed by atoms with Gasteiger partial charge in [-0.1, -0.05) is 117 Å². The van der Waals surface area contributed by atoms with E-state index in [-0.39, 0.29) is 12.1 Å². The van der Waals surface area contributed by atoms with Crippen molar-refractivity contribution >= 4 is 40.2 Å². The molecule has 2 heterocycles. The Morgan fingerprint density at radius 3 is 1.82 bits per heavy atom. The average molecular weight is 630 g/mol. The van der Waals surface area contributed by atoms with Crippen molar-refractivity contribution in [1.82, 2.24) is 0 Å². The van der Waals surface area contributed by atoms with Crippen LogP contribution in [-0.4, -0.2) is 6.71 Å². The Labute approximate surface area is 287 Å². The predicted octanol–water partition coefficient (Wildman–Crippen LogP) is 9.86. The van der Waals surface area contributed by atoms with Crippen LogP contribution in [0.2, 0.25) is 0 Å². The number of anilines is 3. The molecule has 0 radical (unpaired) electrons. The monoisotopic (exact) mass is 629 g/mol. The maximum Gasteiger partial charge on any atom is 0.260 e. The summed E-state index contributed by atoms with van der Waals surface area (Å²) in [7, 11) is 0. The second-order valence-corrected chi connectivity index (χ2v) is 13.7. The molecule has 3 nitrogen and oxygen atoms in total. The van der Waals surface area contributed by atoms with Gasteiger partial charge in [0.05, 0.1) is 0 Å². The third-order valence-electron chi connectivity index (χ3n) is 10.6. The van der Waals surface area contributed by atoms with Gasteiger partial charge < -0.3 is 14.4 Å². The largest absolute Gasteiger partial charge is 0.458 e. The van der Waals surface area contributed by atoms with Crippen LogP contribution in [0.25, 0.3) is 22.3 Å². The molecule has 0 aromatic heterocycles. The summed E-state index contributed by atoms with van der Waals surface area (Å²) in [6.07, 6.45) is 0. The average Bonchev–Trinajstić information content (AvgIpc) is 3.36. The summed E-state index contributed by atoms with van der Waals surface area (Å²) >= 11 is 0. The van der Waals surface area contributed by atoms with Gasteiger partial charge in [0, 0.05) is 33.5 Å². The van der Waals surface area contributed by atoms with Gasteiger partial charge in [0.2, 0.25) is 0 Å². The van der Waals surface area contributed by atoms with E-state index in [4.69, 9.17) is 9.47 Å². The molecule has 7 aromatic rings. The molecule has 10 rings (SSSR count). The molecule has 0 fully saturated rings. The fourth-order valence-electron chi connectivity index (χ4n) is 8.25. The van der Waals surface area contributed by atoms with Crippen LogP contribution in [0.15, 0.2) is 158 Å². The zero-order valence-electron chi connectivity index (χ0n) is 27.4. The van der Waals surface area contributed by atoms with E-state index in [9.17, 15) is 0 Å². The summed E-state index contributed by atoms with van der Waals surface area (Å²) < 4.78 is 13.5. The van der Waals surface area contributed by atoms with E-state index in [1.165, 1.54) is 33.2 Å². The molecule has 0 spiro atoms. The number of benzene rings is 7. The number of hydrogen-bond acceptors (Lipinski definition) is 3. The highest BCUT2D eigenvalue weighted by Crippen LogP contribution is 2.52. The van der Waals surface area contributed by atoms with Gasteiger partial charge in [0.1, 0.15) is 23.0 Å². The van der Waals surface area contributed by atoms with Crippen molar-refractivity contribution in [1.29, 1.82) is 0 Å². The van der Waals surface area contributed by atoms with Gasteiger partial charge in [-0.3, -0.25) is 0 Å². The molecule has 0 saturated heterocycles. The van der Waals surface area contributed by atoms with Crippen molar-refractivity contribution in [2.45, 2.75) is 19.3 Å². The first-order valence-corrected chi connectivity index (χ1v) is 17.0. The molecule has 0 bridgehead atoms. The zero-order valence-corrected chi connectivity index (χ0v) is 27.4. The van der Waals surface area contributed by atoms with Crippen LogP contribution < -0.4 is 30.8 Å². The first kappa shape index (κ1) is 28.1. The molecule has 0 amide bonds. The van der Waals surface area contributed by atoms with E-state index in [1.54, 1.807) is 0 Å². The van der Waals surface area contributed by atoms with Crippen LogP contribution in [0.3, 0.4) is 0 Å². The summed E-state index contributed by atoms with van der Waals surface area (Å²) in [5.74, 6) is 3.55. The number of hydrogen-bond donors (Lipinski definition) is 0. The minimum absolute atomic E-state index is 0.00520. The van der Waals surface area contributed by atoms with Gasteiger partial charge in [-0.15, -0.1) is 0 Å². The van der Waals surface area contributed by atoms with Crippen molar-refractivity contribution in [3.63, 3.8) is 0 Å². The minimum Gasteiger partial charge on any atom is -0.458 e. The Kier molecular flexibility index (Phi) is 6.01. The number of rotatable bonds is 4. The molecule has 0 saturated carbocycles. The Morgan fingerprint density at radius 2 is 1.10 bits per heavy atom. The molecule has 4 heteroatoms. The second-order valence-electron chi connectivity index (χ2n) is 13.7. The van der Waals surface area contributed by atoms with Crippen LogP contribution in [0, 0.1) is 0 Å². The van der Waals surface area contributed by atoms with Crippen LogP contribution in [0.4, 0.5) is 17.1 Å². The minimum atomic E-state index is -0.228. The van der Waals surface area contributed by atoms with Crippen molar-refractivity contribution in [2.75, 3.05) is 4.90 Å². The topological polar surface area (TPSA) is 21.7 Å². The molecule has 49 heavy (non-hydrogen) atoms. The van der Waals surface area contributed by atoms with E-state index < -0.39 is 0 Å². The molecular formula is C45H32BNO2. The summed E-state index contributed by atoms with van der Waals surface area (Å²) in [6, 6.07) is 56.1. The molecule has 0 atom stereocenters. The SMILES string of the molecule is CC1(C)c2cc(N(c3ccccc3)c3ccccc3)ccc2-c2cc3c(cc21)B1c2cccc(-c4ccccc4)c2Oc2cccc(c21)O3.